The first kappa shape index (κ1) is 18.2. The molecule has 1 aromatic heterocycles. The molecule has 28 heavy (non-hydrogen) atoms. The number of benzene rings is 2. The molecular formula is C21H21FN4O2. The zero-order chi connectivity index (χ0) is 19.5. The van der Waals surface area contributed by atoms with E-state index in [0.29, 0.717) is 18.9 Å². The first-order valence-electron chi connectivity index (χ1n) is 9.15. The highest BCUT2D eigenvalue weighted by Gasteiger charge is 2.18. The Balaban J connectivity index is 1.56. The third-order valence-electron chi connectivity index (χ3n) is 4.76. The molecule has 0 aliphatic carbocycles. The second-order valence-electron chi connectivity index (χ2n) is 6.62. The Morgan fingerprint density at radius 1 is 1.11 bits per heavy atom. The molecular weight excluding hydrogens is 359 g/mol. The van der Waals surface area contributed by atoms with Crippen LogP contribution in [0.25, 0.3) is 11.3 Å². The van der Waals surface area contributed by atoms with Crippen LogP contribution in [0, 0.1) is 5.82 Å². The average Bonchev–Trinajstić information content (AvgIpc) is 3.11. The average molecular weight is 380 g/mol. The van der Waals surface area contributed by atoms with Crippen LogP contribution in [0.1, 0.15) is 10.5 Å². The number of hydrogen-bond acceptors (Lipinski definition) is 4. The van der Waals surface area contributed by atoms with E-state index in [1.165, 1.54) is 12.1 Å². The van der Waals surface area contributed by atoms with Crippen LogP contribution in [-0.4, -0.2) is 42.0 Å². The second kappa shape index (κ2) is 7.82. The fourth-order valence-corrected chi connectivity index (χ4v) is 3.31. The number of carbonyl (C=O) groups excluding carboxylic acids is 1. The fraction of sp³-hybridized carbons (Fsp3) is 0.238. The van der Waals surface area contributed by atoms with Crippen LogP contribution in [-0.2, 0) is 11.8 Å². The normalized spacial score (nSPS) is 14.1. The lowest BCUT2D eigenvalue weighted by Crippen LogP contribution is -2.36. The Morgan fingerprint density at radius 3 is 2.57 bits per heavy atom. The van der Waals surface area contributed by atoms with Gasteiger partial charge in [0.2, 0.25) is 0 Å². The third kappa shape index (κ3) is 3.75. The molecule has 1 aliphatic rings. The second-order valence-corrected chi connectivity index (χ2v) is 6.62. The number of aryl methyl sites for hydroxylation is 1. The largest absolute Gasteiger partial charge is 0.378 e. The lowest BCUT2D eigenvalue weighted by atomic mass is 10.1. The standard InChI is InChI=1S/C21H21FN4O2/c1-25-20(15-6-8-16(22)9-7-15)14-18(24-25)21(27)23-17-4-2-3-5-19(17)26-10-12-28-13-11-26/h2-9,14H,10-13H2,1H3,(H,23,27). The number of aromatic nitrogens is 2. The van der Waals surface area contributed by atoms with Gasteiger partial charge in [-0.05, 0) is 48.0 Å². The molecule has 1 aliphatic heterocycles. The molecule has 1 saturated heterocycles. The summed E-state index contributed by atoms with van der Waals surface area (Å²) in [6.07, 6.45) is 0. The van der Waals surface area contributed by atoms with Gasteiger partial charge in [-0.15, -0.1) is 0 Å². The van der Waals surface area contributed by atoms with Crippen molar-refractivity contribution in [3.63, 3.8) is 0 Å². The molecule has 144 valence electrons. The number of anilines is 2. The Morgan fingerprint density at radius 2 is 1.82 bits per heavy atom. The van der Waals surface area contributed by atoms with Crippen LogP contribution in [0.2, 0.25) is 0 Å². The Kier molecular flexibility index (Phi) is 5.08. The number of rotatable bonds is 4. The summed E-state index contributed by atoms with van der Waals surface area (Å²) in [6, 6.07) is 15.5. The van der Waals surface area contributed by atoms with Crippen molar-refractivity contribution in [2.45, 2.75) is 0 Å². The van der Waals surface area contributed by atoms with E-state index >= 15 is 0 Å². The van der Waals surface area contributed by atoms with Crippen molar-refractivity contribution in [2.24, 2.45) is 7.05 Å². The summed E-state index contributed by atoms with van der Waals surface area (Å²) in [5, 5.41) is 7.29. The maximum atomic E-state index is 13.2. The molecule has 6 nitrogen and oxygen atoms in total. The summed E-state index contributed by atoms with van der Waals surface area (Å²) in [5.41, 5.74) is 3.55. The smallest absolute Gasteiger partial charge is 0.276 e. The lowest BCUT2D eigenvalue weighted by molar-refractivity contribution is 0.102. The van der Waals surface area contributed by atoms with Gasteiger partial charge in [-0.1, -0.05) is 12.1 Å². The Hall–Kier alpha value is -3.19. The molecule has 0 spiro atoms. The van der Waals surface area contributed by atoms with E-state index in [1.54, 1.807) is 29.9 Å². The van der Waals surface area contributed by atoms with E-state index in [-0.39, 0.29) is 11.7 Å². The van der Waals surface area contributed by atoms with Crippen LogP contribution in [0.4, 0.5) is 15.8 Å². The van der Waals surface area contributed by atoms with Gasteiger partial charge < -0.3 is 15.0 Å². The molecule has 2 heterocycles. The maximum Gasteiger partial charge on any atom is 0.276 e. The predicted molar refractivity (Wildman–Crippen MR) is 106 cm³/mol. The number of morpholine rings is 1. The SMILES string of the molecule is Cn1nc(C(=O)Nc2ccccc2N2CCOCC2)cc1-c1ccc(F)cc1. The van der Waals surface area contributed by atoms with Crippen LogP contribution in [0.5, 0.6) is 0 Å². The number of nitrogens with zero attached hydrogens (tertiary/aromatic N) is 3. The van der Waals surface area contributed by atoms with Gasteiger partial charge in [-0.25, -0.2) is 4.39 Å². The van der Waals surface area contributed by atoms with Crippen molar-refractivity contribution in [1.29, 1.82) is 0 Å². The van der Waals surface area contributed by atoms with E-state index in [0.717, 1.165) is 35.7 Å². The summed E-state index contributed by atoms with van der Waals surface area (Å²) in [5.74, 6) is -0.590. The number of para-hydroxylation sites is 2. The summed E-state index contributed by atoms with van der Waals surface area (Å²) in [6.45, 7) is 2.91. The highest BCUT2D eigenvalue weighted by atomic mass is 19.1. The Bertz CT molecular complexity index is 978. The number of carbonyl (C=O) groups is 1. The topological polar surface area (TPSA) is 59.4 Å². The molecule has 0 atom stereocenters. The van der Waals surface area contributed by atoms with Crippen LogP contribution >= 0.6 is 0 Å². The molecule has 1 N–H and O–H groups in total. The molecule has 0 bridgehead atoms. The fourth-order valence-electron chi connectivity index (χ4n) is 3.31. The van der Waals surface area contributed by atoms with E-state index in [2.05, 4.69) is 15.3 Å². The monoisotopic (exact) mass is 380 g/mol. The minimum absolute atomic E-state index is 0.287. The zero-order valence-electron chi connectivity index (χ0n) is 15.6. The van der Waals surface area contributed by atoms with Gasteiger partial charge >= 0.3 is 0 Å². The summed E-state index contributed by atoms with van der Waals surface area (Å²) < 4.78 is 20.2. The quantitative estimate of drug-likeness (QED) is 0.754. The molecule has 4 rings (SSSR count). The van der Waals surface area contributed by atoms with E-state index in [9.17, 15) is 9.18 Å². The number of hydrogen-bond donors (Lipinski definition) is 1. The number of amides is 1. The van der Waals surface area contributed by atoms with Gasteiger partial charge in [0.05, 0.1) is 30.3 Å². The van der Waals surface area contributed by atoms with Gasteiger partial charge in [0.1, 0.15) is 5.82 Å². The van der Waals surface area contributed by atoms with Crippen LogP contribution < -0.4 is 10.2 Å². The van der Waals surface area contributed by atoms with Crippen molar-refractivity contribution >= 4 is 17.3 Å². The maximum absolute atomic E-state index is 13.2. The third-order valence-corrected chi connectivity index (χ3v) is 4.76. The van der Waals surface area contributed by atoms with Gasteiger partial charge in [0.25, 0.3) is 5.91 Å². The summed E-state index contributed by atoms with van der Waals surface area (Å²) in [4.78, 5) is 15.0. The molecule has 0 unspecified atom stereocenters. The highest BCUT2D eigenvalue weighted by molar-refractivity contribution is 6.05. The summed E-state index contributed by atoms with van der Waals surface area (Å²) >= 11 is 0. The molecule has 3 aromatic rings. The first-order chi connectivity index (χ1) is 13.6. The van der Waals surface area contributed by atoms with Crippen molar-refractivity contribution in [3.8, 4) is 11.3 Å². The number of halogens is 1. The molecule has 0 saturated carbocycles. The Labute approximate surface area is 162 Å². The summed E-state index contributed by atoms with van der Waals surface area (Å²) in [7, 11) is 1.76. The van der Waals surface area contributed by atoms with Crippen molar-refractivity contribution in [1.82, 2.24) is 9.78 Å². The van der Waals surface area contributed by atoms with Gasteiger partial charge in [-0.2, -0.15) is 5.10 Å². The molecule has 1 fully saturated rings. The van der Waals surface area contributed by atoms with Crippen molar-refractivity contribution in [3.05, 3.63) is 66.1 Å². The minimum Gasteiger partial charge on any atom is -0.378 e. The van der Waals surface area contributed by atoms with E-state index in [4.69, 9.17) is 4.74 Å². The van der Waals surface area contributed by atoms with E-state index < -0.39 is 0 Å². The zero-order valence-corrected chi connectivity index (χ0v) is 15.6. The molecule has 1 amide bonds. The van der Waals surface area contributed by atoms with Gasteiger partial charge in [0.15, 0.2) is 5.69 Å². The minimum atomic E-state index is -0.302. The van der Waals surface area contributed by atoms with Gasteiger partial charge in [0, 0.05) is 20.1 Å². The first-order valence-corrected chi connectivity index (χ1v) is 9.15. The van der Waals surface area contributed by atoms with E-state index in [1.807, 2.05) is 24.3 Å². The molecule has 0 radical (unpaired) electrons. The predicted octanol–water partition coefficient (Wildman–Crippen LogP) is 3.32. The van der Waals surface area contributed by atoms with Crippen molar-refractivity contribution in [2.75, 3.05) is 36.5 Å². The van der Waals surface area contributed by atoms with Gasteiger partial charge in [-0.3, -0.25) is 9.48 Å². The highest BCUT2D eigenvalue weighted by Crippen LogP contribution is 2.27. The van der Waals surface area contributed by atoms with Crippen LogP contribution in [0.15, 0.2) is 54.6 Å². The van der Waals surface area contributed by atoms with Crippen LogP contribution in [0.3, 0.4) is 0 Å². The lowest BCUT2D eigenvalue weighted by Gasteiger charge is -2.30. The van der Waals surface area contributed by atoms with Crippen molar-refractivity contribution < 1.29 is 13.9 Å². The number of nitrogens with one attached hydrogen (secondary N) is 1. The molecule has 2 aromatic carbocycles. The molecule has 7 heteroatoms. The number of ether oxygens (including phenoxy) is 1.